The first-order chi connectivity index (χ1) is 13.2. The summed E-state index contributed by atoms with van der Waals surface area (Å²) in [4.78, 5) is 27.7. The van der Waals surface area contributed by atoms with Crippen LogP contribution in [0.1, 0.15) is 36.6 Å². The summed E-state index contributed by atoms with van der Waals surface area (Å²) in [6.45, 7) is 2.92. The lowest BCUT2D eigenvalue weighted by molar-refractivity contribution is -0.122. The molecule has 0 unspecified atom stereocenters. The third-order valence-corrected chi connectivity index (χ3v) is 6.98. The van der Waals surface area contributed by atoms with Gasteiger partial charge >= 0.3 is 0 Å². The quantitative estimate of drug-likeness (QED) is 0.637. The van der Waals surface area contributed by atoms with Gasteiger partial charge in [-0.1, -0.05) is 43.7 Å². The van der Waals surface area contributed by atoms with Gasteiger partial charge in [0, 0.05) is 11.4 Å². The molecule has 27 heavy (non-hydrogen) atoms. The molecule has 0 radical (unpaired) electrons. The van der Waals surface area contributed by atoms with E-state index < -0.39 is 0 Å². The van der Waals surface area contributed by atoms with Gasteiger partial charge in [-0.25, -0.2) is 0 Å². The molecular weight excluding hydrogens is 376 g/mol. The first-order valence-electron chi connectivity index (χ1n) is 9.54. The van der Waals surface area contributed by atoms with Crippen LogP contribution in [0.15, 0.2) is 40.6 Å². The van der Waals surface area contributed by atoms with Crippen molar-refractivity contribution in [3.05, 3.63) is 46.8 Å². The fraction of sp³-hybridized carbons (Fsp3) is 0.429. The molecule has 0 aliphatic carbocycles. The third-order valence-electron chi connectivity index (χ3n) is 4.53. The van der Waals surface area contributed by atoms with Crippen molar-refractivity contribution in [2.45, 2.75) is 43.2 Å². The first-order valence-corrected chi connectivity index (χ1v) is 11.3. The number of nitrogens with zero attached hydrogens (tertiary/aromatic N) is 1. The van der Waals surface area contributed by atoms with Crippen molar-refractivity contribution in [1.29, 1.82) is 0 Å². The molecular formula is C21H26N2O2S2. The van der Waals surface area contributed by atoms with Gasteiger partial charge in [0.25, 0.3) is 0 Å². The number of fused-ring (bicyclic) bond motifs is 1. The molecule has 3 rings (SSSR count). The zero-order valence-electron chi connectivity index (χ0n) is 15.7. The molecule has 0 atom stereocenters. The Bertz CT molecular complexity index is 774. The lowest BCUT2D eigenvalue weighted by atomic mass is 10.1. The maximum absolute atomic E-state index is 12.4. The van der Waals surface area contributed by atoms with E-state index in [1.54, 1.807) is 28.0 Å². The van der Waals surface area contributed by atoms with E-state index in [0.717, 1.165) is 42.0 Å². The van der Waals surface area contributed by atoms with Gasteiger partial charge in [-0.15, -0.1) is 23.1 Å². The Labute approximate surface area is 169 Å². The first kappa shape index (κ1) is 20.0. The Kier molecular flexibility index (Phi) is 7.35. The van der Waals surface area contributed by atoms with E-state index in [0.29, 0.717) is 12.3 Å². The molecule has 0 saturated heterocycles. The summed E-state index contributed by atoms with van der Waals surface area (Å²) in [6, 6.07) is 12.4. The smallest absolute Gasteiger partial charge is 0.240 e. The predicted molar refractivity (Wildman–Crippen MR) is 114 cm³/mol. The van der Waals surface area contributed by atoms with E-state index in [1.807, 2.05) is 18.2 Å². The Balaban J connectivity index is 1.51. The van der Waals surface area contributed by atoms with Crippen LogP contribution in [0.25, 0.3) is 0 Å². The van der Waals surface area contributed by atoms with E-state index >= 15 is 0 Å². The number of carbonyl (C=O) groups excluding carboxylic acids is 2. The number of thioether (sulfide) groups is 1. The van der Waals surface area contributed by atoms with Gasteiger partial charge in [0.1, 0.15) is 6.54 Å². The Morgan fingerprint density at radius 2 is 2.00 bits per heavy atom. The number of amides is 2. The van der Waals surface area contributed by atoms with Crippen LogP contribution >= 0.6 is 23.1 Å². The molecule has 0 bridgehead atoms. The number of anilines is 1. The van der Waals surface area contributed by atoms with Crippen molar-refractivity contribution in [2.24, 2.45) is 0 Å². The third kappa shape index (κ3) is 5.59. The number of nitrogens with one attached hydrogen (secondary N) is 1. The Morgan fingerprint density at radius 1 is 1.19 bits per heavy atom. The molecule has 0 saturated carbocycles. The summed E-state index contributed by atoms with van der Waals surface area (Å²) in [5.41, 5.74) is 2.20. The molecule has 2 heterocycles. The van der Waals surface area contributed by atoms with Crippen LogP contribution in [-0.2, 0) is 22.4 Å². The number of rotatable bonds is 9. The fourth-order valence-corrected chi connectivity index (χ4v) is 5.45. The summed E-state index contributed by atoms with van der Waals surface area (Å²) in [5, 5.41) is 2.96. The largest absolute Gasteiger partial charge is 0.355 e. The number of thiophene rings is 1. The highest BCUT2D eigenvalue weighted by molar-refractivity contribution is 8.02. The minimum Gasteiger partial charge on any atom is -0.355 e. The zero-order valence-corrected chi connectivity index (χ0v) is 17.3. The van der Waals surface area contributed by atoms with Crippen LogP contribution in [0, 0.1) is 0 Å². The van der Waals surface area contributed by atoms with Crippen LogP contribution in [0.5, 0.6) is 0 Å². The van der Waals surface area contributed by atoms with Crippen LogP contribution < -0.4 is 10.2 Å². The average Bonchev–Trinajstić information content (AvgIpc) is 3.10. The maximum Gasteiger partial charge on any atom is 0.240 e. The van der Waals surface area contributed by atoms with Gasteiger partial charge in [-0.3, -0.25) is 9.59 Å². The van der Waals surface area contributed by atoms with Gasteiger partial charge in [-0.05, 0) is 37.3 Å². The second-order valence-electron chi connectivity index (χ2n) is 6.70. The lowest BCUT2D eigenvalue weighted by Gasteiger charge is -2.25. The van der Waals surface area contributed by atoms with Crippen molar-refractivity contribution < 1.29 is 9.59 Å². The minimum atomic E-state index is -0.0874. The summed E-state index contributed by atoms with van der Waals surface area (Å²) in [7, 11) is 0. The van der Waals surface area contributed by atoms with Gasteiger partial charge in [-0.2, -0.15) is 0 Å². The van der Waals surface area contributed by atoms with Crippen molar-refractivity contribution in [3.63, 3.8) is 0 Å². The van der Waals surface area contributed by atoms with Crippen LogP contribution in [-0.4, -0.2) is 30.7 Å². The predicted octanol–water partition coefficient (Wildman–Crippen LogP) is 4.28. The molecule has 1 aliphatic rings. The monoisotopic (exact) mass is 402 g/mol. The highest BCUT2D eigenvalue weighted by Gasteiger charge is 2.28. The molecule has 1 N–H and O–H groups in total. The van der Waals surface area contributed by atoms with E-state index in [-0.39, 0.29) is 18.4 Å². The van der Waals surface area contributed by atoms with Crippen LogP contribution in [0.3, 0.4) is 0 Å². The molecule has 2 amide bonds. The maximum atomic E-state index is 12.4. The van der Waals surface area contributed by atoms with E-state index in [4.69, 9.17) is 0 Å². The normalized spacial score (nSPS) is 13.5. The van der Waals surface area contributed by atoms with Crippen LogP contribution in [0.2, 0.25) is 0 Å². The minimum absolute atomic E-state index is 0.0202. The number of aryl methyl sites for hydroxylation is 2. The van der Waals surface area contributed by atoms with Crippen molar-refractivity contribution in [1.82, 2.24) is 5.32 Å². The van der Waals surface area contributed by atoms with E-state index in [9.17, 15) is 9.59 Å². The number of carbonyl (C=O) groups is 2. The molecule has 2 aromatic rings. The molecule has 0 fully saturated rings. The van der Waals surface area contributed by atoms with E-state index in [2.05, 4.69) is 30.4 Å². The van der Waals surface area contributed by atoms with Gasteiger partial charge in [0.15, 0.2) is 0 Å². The van der Waals surface area contributed by atoms with Gasteiger partial charge < -0.3 is 10.2 Å². The summed E-state index contributed by atoms with van der Waals surface area (Å²) in [5.74, 6) is 0.351. The van der Waals surface area contributed by atoms with Crippen molar-refractivity contribution >= 4 is 40.6 Å². The highest BCUT2D eigenvalue weighted by atomic mass is 32.2. The number of benzene rings is 1. The zero-order chi connectivity index (χ0) is 19.1. The highest BCUT2D eigenvalue weighted by Crippen LogP contribution is 2.42. The molecule has 1 aromatic carbocycles. The number of unbranched alkanes of at least 4 members (excludes halogenated alkanes) is 1. The second-order valence-corrected chi connectivity index (χ2v) is 9.08. The van der Waals surface area contributed by atoms with E-state index in [1.165, 1.54) is 10.4 Å². The van der Waals surface area contributed by atoms with Crippen molar-refractivity contribution in [3.8, 4) is 0 Å². The molecule has 6 heteroatoms. The Morgan fingerprint density at radius 3 is 2.78 bits per heavy atom. The average molecular weight is 403 g/mol. The second kappa shape index (κ2) is 9.95. The summed E-state index contributed by atoms with van der Waals surface area (Å²) >= 11 is 3.36. The standard InChI is InChI=1S/C21H26N2O2S2/c1-2-3-11-17-13-18-21(27-17)26-15-20(25)23(18)14-19(24)22-12-7-10-16-8-5-4-6-9-16/h4-6,8-9,13H,2-3,7,10-12,14-15H2,1H3,(H,22,24). The molecule has 1 aliphatic heterocycles. The summed E-state index contributed by atoms with van der Waals surface area (Å²) in [6.07, 6.45) is 5.19. The Hall–Kier alpha value is -1.79. The molecule has 4 nitrogen and oxygen atoms in total. The topological polar surface area (TPSA) is 49.4 Å². The van der Waals surface area contributed by atoms with Crippen molar-refractivity contribution in [2.75, 3.05) is 23.7 Å². The van der Waals surface area contributed by atoms with Gasteiger partial charge in [0.2, 0.25) is 11.8 Å². The fourth-order valence-electron chi connectivity index (χ4n) is 3.06. The summed E-state index contributed by atoms with van der Waals surface area (Å²) < 4.78 is 1.16. The molecule has 0 spiro atoms. The number of hydrogen-bond acceptors (Lipinski definition) is 4. The van der Waals surface area contributed by atoms with Gasteiger partial charge in [0.05, 0.1) is 15.6 Å². The molecule has 144 valence electrons. The lowest BCUT2D eigenvalue weighted by Crippen LogP contribution is -2.43. The number of hydrogen-bond donors (Lipinski definition) is 1. The van der Waals surface area contributed by atoms with Crippen LogP contribution in [0.4, 0.5) is 5.69 Å². The SMILES string of the molecule is CCCCc1cc2c(s1)SCC(=O)N2CC(=O)NCCCc1ccccc1. The molecule has 1 aromatic heterocycles.